The van der Waals surface area contributed by atoms with E-state index >= 15 is 0 Å². The van der Waals surface area contributed by atoms with E-state index in [-0.39, 0.29) is 22.6 Å². The molecule has 4 rings (SSSR count). The number of carboxylic acid groups (broad SMARTS) is 1. The number of methoxy groups -OCH3 is 1. The Morgan fingerprint density at radius 2 is 1.64 bits per heavy atom. The fourth-order valence-electron chi connectivity index (χ4n) is 4.12. The number of ether oxygens (including phenoxy) is 2. The number of amides is 2. The summed E-state index contributed by atoms with van der Waals surface area (Å²) >= 11 is 0. The highest BCUT2D eigenvalue weighted by Crippen LogP contribution is 2.37. The van der Waals surface area contributed by atoms with Crippen molar-refractivity contribution < 1.29 is 24.2 Å². The van der Waals surface area contributed by atoms with Gasteiger partial charge in [-0.25, -0.2) is 14.6 Å². The van der Waals surface area contributed by atoms with Crippen LogP contribution in [0.15, 0.2) is 79.0 Å². The van der Waals surface area contributed by atoms with Crippen LogP contribution in [0.2, 0.25) is 0 Å². The van der Waals surface area contributed by atoms with Crippen LogP contribution in [0.25, 0.3) is 11.1 Å². The number of para-hydroxylation sites is 1. The van der Waals surface area contributed by atoms with Crippen LogP contribution in [0.3, 0.4) is 0 Å². The van der Waals surface area contributed by atoms with Crippen LogP contribution in [0, 0.1) is 6.92 Å². The maximum absolute atomic E-state index is 13.0. The lowest BCUT2D eigenvalue weighted by atomic mass is 9.86. The summed E-state index contributed by atoms with van der Waals surface area (Å²) < 4.78 is 11.4. The van der Waals surface area contributed by atoms with Gasteiger partial charge in [0.2, 0.25) is 5.88 Å². The Morgan fingerprint density at radius 3 is 2.33 bits per heavy atom. The van der Waals surface area contributed by atoms with Crippen LogP contribution < -0.4 is 20.1 Å². The summed E-state index contributed by atoms with van der Waals surface area (Å²) in [6, 6.07) is 21.2. The molecule has 2 amide bonds. The lowest BCUT2D eigenvalue weighted by Gasteiger charge is -2.23. The monoisotopic (exact) mass is 525 g/mol. The molecule has 200 valence electrons. The number of carbonyl (C=O) groups excluding carboxylic acids is 1. The molecule has 0 aliphatic heterocycles. The first-order valence-corrected chi connectivity index (χ1v) is 12.4. The molecule has 0 aliphatic carbocycles. The van der Waals surface area contributed by atoms with Gasteiger partial charge in [0.1, 0.15) is 22.7 Å². The van der Waals surface area contributed by atoms with Crippen molar-refractivity contribution in [3.05, 3.63) is 95.7 Å². The largest absolute Gasteiger partial charge is 0.496 e. The molecule has 3 N–H and O–H groups in total. The molecule has 0 unspecified atom stereocenters. The zero-order chi connectivity index (χ0) is 28.2. The van der Waals surface area contributed by atoms with Gasteiger partial charge in [0.25, 0.3) is 0 Å². The standard InChI is InChI=1S/C31H31N3O5/c1-19-9-8-10-22(15-19)33-30(37)34-25-17-21(20-13-14-26(38-5)23(16-20)29(35)36)18-32-28(25)39-27-12-7-6-11-24(27)31(2,3)4/h6-18H,1-5H3,(H,35,36)(H2,33,34,37). The van der Waals surface area contributed by atoms with Gasteiger partial charge in [0.05, 0.1) is 7.11 Å². The fraction of sp³-hybridized carbons (Fsp3) is 0.194. The number of anilines is 2. The number of carboxylic acids is 1. The highest BCUT2D eigenvalue weighted by Gasteiger charge is 2.21. The molecule has 0 aliphatic rings. The number of aromatic carboxylic acids is 1. The van der Waals surface area contributed by atoms with E-state index in [9.17, 15) is 14.7 Å². The van der Waals surface area contributed by atoms with Crippen LogP contribution >= 0.6 is 0 Å². The second kappa shape index (κ2) is 11.3. The third kappa shape index (κ3) is 6.54. The molecule has 8 heteroatoms. The van der Waals surface area contributed by atoms with Gasteiger partial charge >= 0.3 is 12.0 Å². The van der Waals surface area contributed by atoms with Crippen molar-refractivity contribution in [2.45, 2.75) is 33.1 Å². The summed E-state index contributed by atoms with van der Waals surface area (Å²) in [5.74, 6) is -0.0584. The van der Waals surface area contributed by atoms with Crippen molar-refractivity contribution in [1.82, 2.24) is 4.98 Å². The Bertz CT molecular complexity index is 1530. The van der Waals surface area contributed by atoms with Gasteiger partial charge in [-0.3, -0.25) is 0 Å². The van der Waals surface area contributed by atoms with Gasteiger partial charge in [-0.2, -0.15) is 0 Å². The molecule has 39 heavy (non-hydrogen) atoms. The normalized spacial score (nSPS) is 11.0. The van der Waals surface area contributed by atoms with E-state index in [4.69, 9.17) is 9.47 Å². The minimum Gasteiger partial charge on any atom is -0.496 e. The molecule has 8 nitrogen and oxygen atoms in total. The summed E-state index contributed by atoms with van der Waals surface area (Å²) in [5.41, 5.74) is 3.93. The van der Waals surface area contributed by atoms with Crippen molar-refractivity contribution in [2.24, 2.45) is 0 Å². The van der Waals surface area contributed by atoms with Gasteiger partial charge in [-0.05, 0) is 59.9 Å². The number of urea groups is 1. The van der Waals surface area contributed by atoms with Gasteiger partial charge in [-0.15, -0.1) is 0 Å². The summed E-state index contributed by atoms with van der Waals surface area (Å²) in [7, 11) is 1.42. The van der Waals surface area contributed by atoms with E-state index in [1.165, 1.54) is 13.2 Å². The first kappa shape index (κ1) is 27.2. The topological polar surface area (TPSA) is 110 Å². The SMILES string of the molecule is COc1ccc(-c2cnc(Oc3ccccc3C(C)(C)C)c(NC(=O)Nc3cccc(C)c3)c2)cc1C(=O)O. The van der Waals surface area contributed by atoms with Crippen LogP contribution in [0.1, 0.15) is 42.3 Å². The maximum Gasteiger partial charge on any atom is 0.339 e. The molecule has 0 spiro atoms. The van der Waals surface area contributed by atoms with Gasteiger partial charge in [0.15, 0.2) is 0 Å². The van der Waals surface area contributed by atoms with E-state index in [2.05, 4.69) is 36.4 Å². The summed E-state index contributed by atoms with van der Waals surface area (Å²) in [5, 5.41) is 15.3. The van der Waals surface area contributed by atoms with Gasteiger partial charge < -0.3 is 25.2 Å². The van der Waals surface area contributed by atoms with Crippen molar-refractivity contribution in [1.29, 1.82) is 0 Å². The lowest BCUT2D eigenvalue weighted by Crippen LogP contribution is -2.20. The molecule has 0 saturated heterocycles. The Morgan fingerprint density at radius 1 is 0.872 bits per heavy atom. The Kier molecular flexibility index (Phi) is 7.85. The molecular formula is C31H31N3O5. The predicted molar refractivity (Wildman–Crippen MR) is 152 cm³/mol. The summed E-state index contributed by atoms with van der Waals surface area (Å²) in [6.07, 6.45) is 1.58. The number of pyridine rings is 1. The minimum atomic E-state index is -1.11. The number of hydrogen-bond acceptors (Lipinski definition) is 5. The average molecular weight is 526 g/mol. The molecule has 1 heterocycles. The van der Waals surface area contributed by atoms with Gasteiger partial charge in [-0.1, -0.05) is 57.2 Å². The number of aryl methyl sites for hydroxylation is 1. The Balaban J connectivity index is 1.74. The number of nitrogens with zero attached hydrogens (tertiary/aromatic N) is 1. The highest BCUT2D eigenvalue weighted by atomic mass is 16.5. The third-order valence-electron chi connectivity index (χ3n) is 6.04. The summed E-state index contributed by atoms with van der Waals surface area (Å²) in [4.78, 5) is 29.3. The van der Waals surface area contributed by atoms with Crippen LogP contribution in [0.5, 0.6) is 17.4 Å². The number of benzene rings is 3. The molecule has 1 aromatic heterocycles. The molecule has 0 radical (unpaired) electrons. The zero-order valence-corrected chi connectivity index (χ0v) is 22.5. The second-order valence-corrected chi connectivity index (χ2v) is 10.1. The zero-order valence-electron chi connectivity index (χ0n) is 22.5. The minimum absolute atomic E-state index is 0.0149. The van der Waals surface area contributed by atoms with Crippen LogP contribution in [-0.4, -0.2) is 29.2 Å². The third-order valence-corrected chi connectivity index (χ3v) is 6.04. The molecule has 3 aromatic carbocycles. The molecule has 0 atom stereocenters. The Labute approximate surface area is 227 Å². The first-order chi connectivity index (χ1) is 18.5. The van der Waals surface area contributed by atoms with E-state index in [0.717, 1.165) is 11.1 Å². The molecule has 0 bridgehead atoms. The van der Waals surface area contributed by atoms with E-state index < -0.39 is 12.0 Å². The van der Waals surface area contributed by atoms with Crippen molar-refractivity contribution in [3.8, 4) is 28.5 Å². The fourth-order valence-corrected chi connectivity index (χ4v) is 4.12. The van der Waals surface area contributed by atoms with Crippen molar-refractivity contribution in [3.63, 3.8) is 0 Å². The summed E-state index contributed by atoms with van der Waals surface area (Å²) in [6.45, 7) is 8.20. The maximum atomic E-state index is 13.0. The van der Waals surface area contributed by atoms with Crippen LogP contribution in [-0.2, 0) is 5.41 Å². The average Bonchev–Trinajstić information content (AvgIpc) is 2.89. The first-order valence-electron chi connectivity index (χ1n) is 12.4. The number of nitrogens with one attached hydrogen (secondary N) is 2. The quantitative estimate of drug-likeness (QED) is 0.230. The molecule has 4 aromatic rings. The van der Waals surface area contributed by atoms with E-state index in [1.807, 2.05) is 49.4 Å². The Hall–Kier alpha value is -4.85. The van der Waals surface area contributed by atoms with E-state index in [1.54, 1.807) is 30.5 Å². The number of carbonyl (C=O) groups is 2. The highest BCUT2D eigenvalue weighted by molar-refractivity contribution is 6.01. The number of rotatable bonds is 7. The predicted octanol–water partition coefficient (Wildman–Crippen LogP) is 7.50. The molecule has 0 fully saturated rings. The van der Waals surface area contributed by atoms with Gasteiger partial charge in [0, 0.05) is 23.0 Å². The lowest BCUT2D eigenvalue weighted by molar-refractivity contribution is 0.0693. The van der Waals surface area contributed by atoms with E-state index in [0.29, 0.717) is 28.3 Å². The van der Waals surface area contributed by atoms with Crippen molar-refractivity contribution >= 4 is 23.4 Å². The molecular weight excluding hydrogens is 494 g/mol. The smallest absolute Gasteiger partial charge is 0.339 e. The number of aromatic nitrogens is 1. The second-order valence-electron chi connectivity index (χ2n) is 10.1. The van der Waals surface area contributed by atoms with Crippen LogP contribution in [0.4, 0.5) is 16.2 Å². The van der Waals surface area contributed by atoms with Crippen molar-refractivity contribution in [2.75, 3.05) is 17.7 Å². The number of hydrogen-bond donors (Lipinski definition) is 3. The molecule has 0 saturated carbocycles.